The monoisotopic (exact) mass is 522 g/mol. The topological polar surface area (TPSA) is 59.1 Å². The second-order valence-electron chi connectivity index (χ2n) is 6.29. The summed E-state index contributed by atoms with van der Waals surface area (Å²) in [5, 5.41) is 0. The van der Waals surface area contributed by atoms with Gasteiger partial charge in [-0.1, -0.05) is 29.3 Å². The summed E-state index contributed by atoms with van der Waals surface area (Å²) < 4.78 is 53.1. The minimum atomic E-state index is -1.30. The fourth-order valence-electron chi connectivity index (χ4n) is 2.67. The summed E-state index contributed by atoms with van der Waals surface area (Å²) in [6.45, 7) is -1.10. The highest BCUT2D eigenvalue weighted by Crippen LogP contribution is 2.28. The highest BCUT2D eigenvalue weighted by Gasteiger charge is 2.32. The Labute approximate surface area is 202 Å². The van der Waals surface area contributed by atoms with E-state index in [4.69, 9.17) is 32.7 Å². The summed E-state index contributed by atoms with van der Waals surface area (Å²) in [5.41, 5.74) is -1.17. The molecule has 0 aliphatic carbocycles. The number of urea groups is 1. The van der Waals surface area contributed by atoms with Crippen molar-refractivity contribution >= 4 is 52.6 Å². The van der Waals surface area contributed by atoms with Crippen molar-refractivity contribution in [2.75, 3.05) is 38.3 Å². The number of thioether (sulfide) groups is 1. The van der Waals surface area contributed by atoms with Crippen LogP contribution in [0, 0.1) is 17.5 Å². The van der Waals surface area contributed by atoms with Gasteiger partial charge in [-0.25, -0.2) is 22.9 Å². The Balaban J connectivity index is 2.38. The van der Waals surface area contributed by atoms with Gasteiger partial charge in [-0.3, -0.25) is 9.69 Å². The van der Waals surface area contributed by atoms with Gasteiger partial charge in [-0.05, 0) is 36.4 Å². The highest BCUT2D eigenvalue weighted by atomic mass is 35.5. The quantitative estimate of drug-likeness (QED) is 0.308. The Morgan fingerprint density at radius 3 is 2.18 bits per heavy atom. The van der Waals surface area contributed by atoms with E-state index in [2.05, 4.69) is 0 Å². The number of carbonyl (C=O) groups excluding carboxylic acids is 2. The predicted octanol–water partition coefficient (Wildman–Crippen LogP) is 5.79. The van der Waals surface area contributed by atoms with E-state index in [0.29, 0.717) is 15.5 Å². The third-order valence-electron chi connectivity index (χ3n) is 4.10. The molecule has 0 heterocycles. The number of nitrogens with zero attached hydrogens (tertiary/aromatic N) is 2. The maximum atomic E-state index is 14.9. The average Bonchev–Trinajstić information content (AvgIpc) is 2.75. The first-order valence-electron chi connectivity index (χ1n) is 9.20. The molecule has 33 heavy (non-hydrogen) atoms. The van der Waals surface area contributed by atoms with Crippen molar-refractivity contribution in [1.29, 1.82) is 0 Å². The fourth-order valence-corrected chi connectivity index (χ4v) is 3.80. The molecule has 0 saturated carbocycles. The third-order valence-corrected chi connectivity index (χ3v) is 5.33. The summed E-state index contributed by atoms with van der Waals surface area (Å²) in [5.74, 6) is -4.03. The number of rotatable bonds is 9. The maximum Gasteiger partial charge on any atom is 0.335 e. The van der Waals surface area contributed by atoms with E-state index >= 15 is 0 Å². The van der Waals surface area contributed by atoms with Gasteiger partial charge in [0.1, 0.15) is 41.0 Å². The lowest BCUT2D eigenvalue weighted by Gasteiger charge is -2.29. The van der Waals surface area contributed by atoms with Crippen LogP contribution in [0.2, 0.25) is 0 Å². The summed E-state index contributed by atoms with van der Waals surface area (Å²) in [6.07, 6.45) is 1.52. The van der Waals surface area contributed by atoms with Gasteiger partial charge in [-0.2, -0.15) is 0 Å². The van der Waals surface area contributed by atoms with Crippen LogP contribution in [-0.4, -0.2) is 50.3 Å². The minimum absolute atomic E-state index is 0.0747. The van der Waals surface area contributed by atoms with Crippen molar-refractivity contribution in [3.8, 4) is 0 Å². The predicted molar refractivity (Wildman–Crippen MR) is 121 cm³/mol. The van der Waals surface area contributed by atoms with Crippen LogP contribution in [0.4, 0.5) is 23.7 Å². The second kappa shape index (κ2) is 12.9. The maximum absolute atomic E-state index is 14.9. The summed E-state index contributed by atoms with van der Waals surface area (Å²) in [6, 6.07) is 5.73. The van der Waals surface area contributed by atoms with E-state index in [9.17, 15) is 22.8 Å². The van der Waals surface area contributed by atoms with E-state index < -0.39 is 48.4 Å². The van der Waals surface area contributed by atoms with Gasteiger partial charge >= 0.3 is 6.03 Å². The molecule has 0 aromatic heterocycles. The molecule has 0 bridgehead atoms. The summed E-state index contributed by atoms with van der Waals surface area (Å²) in [7, 11) is 2.43. The number of ether oxygens (including phenoxy) is 2. The number of hydrogen-bond acceptors (Lipinski definition) is 5. The van der Waals surface area contributed by atoms with Crippen molar-refractivity contribution in [3.05, 3.63) is 70.0 Å². The van der Waals surface area contributed by atoms with Gasteiger partial charge in [0.2, 0.25) is 0 Å². The number of amides is 3. The fraction of sp³-hybridized carbons (Fsp3) is 0.238. The zero-order valence-electron chi connectivity index (χ0n) is 17.5. The molecule has 0 N–H and O–H groups in total. The molecule has 0 radical (unpaired) electrons. The lowest BCUT2D eigenvalue weighted by Crippen LogP contribution is -2.48. The number of anilines is 1. The van der Waals surface area contributed by atoms with Crippen LogP contribution >= 0.6 is 35.0 Å². The molecule has 2 aromatic rings. The first kappa shape index (κ1) is 27.0. The Hall–Kier alpha value is -2.24. The average molecular weight is 523 g/mol. The minimum Gasteiger partial charge on any atom is -0.364 e. The zero-order valence-corrected chi connectivity index (χ0v) is 19.8. The molecule has 0 spiro atoms. The Morgan fingerprint density at radius 2 is 1.64 bits per heavy atom. The number of carbonyl (C=O) groups is 2. The number of halogens is 5. The van der Waals surface area contributed by atoms with Gasteiger partial charge in [0, 0.05) is 24.9 Å². The van der Waals surface area contributed by atoms with Gasteiger partial charge < -0.3 is 9.47 Å². The molecule has 0 saturated heterocycles. The van der Waals surface area contributed by atoms with Crippen molar-refractivity contribution in [1.82, 2.24) is 4.90 Å². The van der Waals surface area contributed by atoms with Crippen LogP contribution in [-0.2, 0) is 9.47 Å². The van der Waals surface area contributed by atoms with E-state index in [1.54, 1.807) is 0 Å². The summed E-state index contributed by atoms with van der Waals surface area (Å²) >= 11 is 12.3. The first-order valence-corrected chi connectivity index (χ1v) is 10.9. The first-order chi connectivity index (χ1) is 15.7. The second-order valence-corrected chi connectivity index (χ2v) is 8.40. The van der Waals surface area contributed by atoms with Crippen LogP contribution in [0.25, 0.3) is 0 Å². The van der Waals surface area contributed by atoms with E-state index in [0.717, 1.165) is 23.1 Å². The number of hydrogen-bond donors (Lipinski definition) is 0. The van der Waals surface area contributed by atoms with Crippen LogP contribution in [0.3, 0.4) is 0 Å². The Kier molecular flexibility index (Phi) is 10.5. The van der Waals surface area contributed by atoms with Gasteiger partial charge in [0.25, 0.3) is 5.91 Å². The van der Waals surface area contributed by atoms with Crippen LogP contribution in [0.15, 0.2) is 51.9 Å². The molecule has 0 aliphatic rings. The Bertz CT molecular complexity index is 1020. The molecule has 0 atom stereocenters. The van der Waals surface area contributed by atoms with Gasteiger partial charge in [0.05, 0.1) is 5.69 Å². The lowest BCUT2D eigenvalue weighted by molar-refractivity contribution is 0.0525. The molecule has 3 amide bonds. The van der Waals surface area contributed by atoms with Crippen LogP contribution in [0.1, 0.15) is 10.4 Å². The molecule has 6 nitrogen and oxygen atoms in total. The van der Waals surface area contributed by atoms with Crippen molar-refractivity contribution in [3.63, 3.8) is 0 Å². The summed E-state index contributed by atoms with van der Waals surface area (Å²) in [4.78, 5) is 27.7. The number of methoxy groups -OCH3 is 2. The van der Waals surface area contributed by atoms with E-state index in [-0.39, 0.29) is 10.2 Å². The molecule has 2 rings (SSSR count). The lowest BCUT2D eigenvalue weighted by atomic mass is 10.1. The molecule has 2 aromatic carbocycles. The normalized spacial score (nSPS) is 10.6. The SMILES string of the molecule is COCN(C(=O)c1c(F)cccc1F)C(=O)N(COC)c1ccc(SCC=C(Cl)Cl)cc1F. The molecule has 0 aliphatic heterocycles. The number of imide groups is 1. The van der Waals surface area contributed by atoms with Crippen molar-refractivity contribution in [2.24, 2.45) is 0 Å². The number of benzene rings is 2. The third kappa shape index (κ3) is 7.12. The van der Waals surface area contributed by atoms with Gasteiger partial charge in [0.15, 0.2) is 0 Å². The Morgan fingerprint density at radius 1 is 1.00 bits per heavy atom. The van der Waals surface area contributed by atoms with E-state index in [1.807, 2.05) is 0 Å². The van der Waals surface area contributed by atoms with Gasteiger partial charge in [-0.15, -0.1) is 11.8 Å². The molecular weight excluding hydrogens is 504 g/mol. The van der Waals surface area contributed by atoms with E-state index in [1.165, 1.54) is 50.3 Å². The zero-order chi connectivity index (χ0) is 24.5. The molecule has 0 fully saturated rings. The molecule has 178 valence electrons. The molecule has 12 heteroatoms. The smallest absolute Gasteiger partial charge is 0.335 e. The van der Waals surface area contributed by atoms with Crippen molar-refractivity contribution in [2.45, 2.75) is 4.90 Å². The van der Waals surface area contributed by atoms with Crippen LogP contribution < -0.4 is 4.90 Å². The highest BCUT2D eigenvalue weighted by molar-refractivity contribution is 7.99. The largest absolute Gasteiger partial charge is 0.364 e. The molecular formula is C21H19Cl2F3N2O4S. The van der Waals surface area contributed by atoms with Crippen LogP contribution in [0.5, 0.6) is 0 Å². The van der Waals surface area contributed by atoms with Crippen molar-refractivity contribution < 1.29 is 32.2 Å². The standard InChI is InChI=1S/C21H19Cl2F3N2O4S/c1-31-11-27(17-7-6-13(10-16(17)26)33-9-8-18(22)23)21(30)28(12-32-2)20(29)19-14(24)4-3-5-15(19)25/h3-8,10H,9,11-12H2,1-2H3. The molecule has 0 unspecified atom stereocenters.